The number of amides is 1. The Hall–Kier alpha value is -1.58. The maximum atomic E-state index is 12.7. The maximum absolute atomic E-state index is 12.7. The fourth-order valence-corrected chi connectivity index (χ4v) is 2.48. The van der Waals surface area contributed by atoms with Gasteiger partial charge < -0.3 is 24.3 Å². The molecule has 0 radical (unpaired) electrons. The molecule has 1 aromatic heterocycles. The molecule has 1 amide bonds. The van der Waals surface area contributed by atoms with E-state index in [2.05, 4.69) is 10.2 Å². The molecule has 136 valence electrons. The lowest BCUT2D eigenvalue weighted by Crippen LogP contribution is -2.47. The average Bonchev–Trinajstić information content (AvgIpc) is 2.98. The summed E-state index contributed by atoms with van der Waals surface area (Å²) in [7, 11) is 1.97. The van der Waals surface area contributed by atoms with Crippen molar-refractivity contribution < 1.29 is 27.1 Å². The van der Waals surface area contributed by atoms with Gasteiger partial charge in [0.2, 0.25) is 5.91 Å². The van der Waals surface area contributed by atoms with Gasteiger partial charge in [-0.2, -0.15) is 13.2 Å². The smallest absolute Gasteiger partial charge is 0.406 e. The Morgan fingerprint density at radius 1 is 1.50 bits per heavy atom. The largest absolute Gasteiger partial charge is 0.467 e. The Morgan fingerprint density at radius 2 is 2.29 bits per heavy atom. The van der Waals surface area contributed by atoms with Crippen LogP contribution >= 0.6 is 0 Å². The van der Waals surface area contributed by atoms with Crippen molar-refractivity contribution in [2.75, 3.05) is 46.4 Å². The molecule has 1 aliphatic rings. The topological polar surface area (TPSA) is 58.0 Å². The minimum Gasteiger partial charge on any atom is -0.467 e. The van der Waals surface area contributed by atoms with Crippen LogP contribution in [-0.4, -0.2) is 74.4 Å². The third-order valence-electron chi connectivity index (χ3n) is 3.64. The predicted octanol–water partition coefficient (Wildman–Crippen LogP) is 1.09. The quantitative estimate of drug-likeness (QED) is 0.799. The van der Waals surface area contributed by atoms with Crippen LogP contribution in [0.5, 0.6) is 0 Å². The summed E-state index contributed by atoms with van der Waals surface area (Å²) in [6.45, 7) is 0.886. The molecule has 0 aromatic carbocycles. The SMILES string of the molecule is CN1CCO[C@H](CNCC(=O)N(Cc2ccco2)CC(F)(F)F)C1. The highest BCUT2D eigenvalue weighted by Gasteiger charge is 2.33. The number of rotatable bonds is 7. The van der Waals surface area contributed by atoms with E-state index in [1.165, 1.54) is 12.3 Å². The van der Waals surface area contributed by atoms with Gasteiger partial charge in [0, 0.05) is 19.6 Å². The number of carbonyl (C=O) groups is 1. The molecule has 1 atom stereocenters. The molecule has 1 aromatic rings. The fraction of sp³-hybridized carbons (Fsp3) is 0.667. The molecule has 24 heavy (non-hydrogen) atoms. The summed E-state index contributed by atoms with van der Waals surface area (Å²) in [5.41, 5.74) is 0. The van der Waals surface area contributed by atoms with Crippen molar-refractivity contribution in [3.05, 3.63) is 24.2 Å². The van der Waals surface area contributed by atoms with Crippen molar-refractivity contribution >= 4 is 5.91 Å². The molecule has 1 aliphatic heterocycles. The van der Waals surface area contributed by atoms with Gasteiger partial charge in [-0.15, -0.1) is 0 Å². The summed E-state index contributed by atoms with van der Waals surface area (Å²) >= 11 is 0. The number of halogens is 3. The second kappa shape index (κ2) is 8.50. The number of nitrogens with zero attached hydrogens (tertiary/aromatic N) is 2. The molecule has 2 heterocycles. The summed E-state index contributed by atoms with van der Waals surface area (Å²) in [4.78, 5) is 15.0. The van der Waals surface area contributed by atoms with Crippen LogP contribution in [0.1, 0.15) is 5.76 Å². The van der Waals surface area contributed by atoms with Gasteiger partial charge in [0.25, 0.3) is 0 Å². The molecule has 2 rings (SSSR count). The number of nitrogens with one attached hydrogen (secondary N) is 1. The van der Waals surface area contributed by atoms with Crippen LogP contribution in [0.4, 0.5) is 13.2 Å². The first kappa shape index (κ1) is 18.8. The minimum atomic E-state index is -4.46. The number of ether oxygens (including phenoxy) is 1. The van der Waals surface area contributed by atoms with Gasteiger partial charge in [-0.05, 0) is 19.2 Å². The number of morpholine rings is 1. The molecule has 0 aliphatic carbocycles. The summed E-state index contributed by atoms with van der Waals surface area (Å²) in [5.74, 6) is -0.322. The first-order valence-electron chi connectivity index (χ1n) is 7.71. The molecular weight excluding hydrogens is 327 g/mol. The van der Waals surface area contributed by atoms with Crippen LogP contribution in [0.2, 0.25) is 0 Å². The predicted molar refractivity (Wildman–Crippen MR) is 80.3 cm³/mol. The van der Waals surface area contributed by atoms with Crippen LogP contribution in [0.25, 0.3) is 0 Å². The van der Waals surface area contributed by atoms with E-state index in [1.807, 2.05) is 7.05 Å². The molecule has 0 bridgehead atoms. The number of hydrogen-bond donors (Lipinski definition) is 1. The molecule has 9 heteroatoms. The average molecular weight is 349 g/mol. The third-order valence-corrected chi connectivity index (χ3v) is 3.64. The molecule has 0 spiro atoms. The number of alkyl halides is 3. The van der Waals surface area contributed by atoms with Crippen LogP contribution in [0.3, 0.4) is 0 Å². The zero-order valence-electron chi connectivity index (χ0n) is 13.5. The Kier molecular flexibility index (Phi) is 6.64. The van der Waals surface area contributed by atoms with E-state index in [0.717, 1.165) is 18.0 Å². The zero-order valence-corrected chi connectivity index (χ0v) is 13.5. The Balaban J connectivity index is 1.82. The highest BCUT2D eigenvalue weighted by Crippen LogP contribution is 2.18. The fourth-order valence-electron chi connectivity index (χ4n) is 2.48. The molecule has 1 fully saturated rings. The standard InChI is InChI=1S/C15H22F3N3O3/c1-20-4-6-24-13(9-20)7-19-8-14(22)21(11-15(16,17)18)10-12-3-2-5-23-12/h2-3,5,13,19H,4,6-11H2,1H3/t13-/m1/s1. The van der Waals surface area contributed by atoms with Gasteiger partial charge in [-0.25, -0.2) is 0 Å². The van der Waals surface area contributed by atoms with Crippen molar-refractivity contribution in [1.29, 1.82) is 0 Å². The lowest BCUT2D eigenvalue weighted by molar-refractivity contribution is -0.162. The molecular formula is C15H22F3N3O3. The molecule has 0 unspecified atom stereocenters. The van der Waals surface area contributed by atoms with Crippen LogP contribution in [0, 0.1) is 0 Å². The number of likely N-dealkylation sites (N-methyl/N-ethyl adjacent to an activating group) is 1. The van der Waals surface area contributed by atoms with Crippen LogP contribution in [-0.2, 0) is 16.1 Å². The minimum absolute atomic E-state index is 0.0716. The van der Waals surface area contributed by atoms with Crippen molar-refractivity contribution in [2.24, 2.45) is 0 Å². The maximum Gasteiger partial charge on any atom is 0.406 e. The van der Waals surface area contributed by atoms with Gasteiger partial charge in [-0.3, -0.25) is 4.79 Å². The second-order valence-electron chi connectivity index (χ2n) is 5.83. The lowest BCUT2D eigenvalue weighted by Gasteiger charge is -2.30. The van der Waals surface area contributed by atoms with Crippen LogP contribution < -0.4 is 5.32 Å². The van der Waals surface area contributed by atoms with E-state index >= 15 is 0 Å². The molecule has 1 saturated heterocycles. The van der Waals surface area contributed by atoms with E-state index in [0.29, 0.717) is 18.9 Å². The first-order chi connectivity index (χ1) is 11.3. The van der Waals surface area contributed by atoms with E-state index in [9.17, 15) is 18.0 Å². The van der Waals surface area contributed by atoms with E-state index in [1.54, 1.807) is 6.07 Å². The highest BCUT2D eigenvalue weighted by molar-refractivity contribution is 5.78. The monoisotopic (exact) mass is 349 g/mol. The summed E-state index contributed by atoms with van der Waals surface area (Å²) in [6, 6.07) is 3.11. The van der Waals surface area contributed by atoms with Crippen molar-refractivity contribution in [3.63, 3.8) is 0 Å². The zero-order chi connectivity index (χ0) is 17.6. The second-order valence-corrected chi connectivity index (χ2v) is 5.83. The van der Waals surface area contributed by atoms with Crippen molar-refractivity contribution in [3.8, 4) is 0 Å². The third kappa shape index (κ3) is 6.50. The van der Waals surface area contributed by atoms with Gasteiger partial charge >= 0.3 is 6.18 Å². The van der Waals surface area contributed by atoms with E-state index < -0.39 is 18.6 Å². The molecule has 6 nitrogen and oxygen atoms in total. The van der Waals surface area contributed by atoms with Gasteiger partial charge in [0.05, 0.1) is 32.1 Å². The van der Waals surface area contributed by atoms with Gasteiger partial charge in [0.15, 0.2) is 0 Å². The summed E-state index contributed by atoms with van der Waals surface area (Å²) in [5, 5.41) is 2.88. The van der Waals surface area contributed by atoms with Crippen molar-refractivity contribution in [2.45, 2.75) is 18.8 Å². The van der Waals surface area contributed by atoms with E-state index in [4.69, 9.17) is 9.15 Å². The number of furan rings is 1. The number of carbonyl (C=O) groups excluding carboxylic acids is 1. The molecule has 0 saturated carbocycles. The normalized spacial score (nSPS) is 19.4. The Labute approximate surface area is 138 Å². The van der Waals surface area contributed by atoms with Crippen LogP contribution in [0.15, 0.2) is 22.8 Å². The van der Waals surface area contributed by atoms with Gasteiger partial charge in [-0.1, -0.05) is 0 Å². The van der Waals surface area contributed by atoms with E-state index in [-0.39, 0.29) is 19.2 Å². The van der Waals surface area contributed by atoms with Gasteiger partial charge in [0.1, 0.15) is 12.3 Å². The summed E-state index contributed by atoms with van der Waals surface area (Å²) < 4.78 is 48.6. The summed E-state index contributed by atoms with van der Waals surface area (Å²) in [6.07, 6.45) is -3.17. The lowest BCUT2D eigenvalue weighted by atomic mass is 10.3. The number of hydrogen-bond acceptors (Lipinski definition) is 5. The molecule has 1 N–H and O–H groups in total. The first-order valence-corrected chi connectivity index (χ1v) is 7.71. The van der Waals surface area contributed by atoms with Crippen molar-refractivity contribution in [1.82, 2.24) is 15.1 Å². The Morgan fingerprint density at radius 3 is 2.92 bits per heavy atom. The Bertz CT molecular complexity index is 508. The highest BCUT2D eigenvalue weighted by atomic mass is 19.4.